The van der Waals surface area contributed by atoms with Crippen molar-refractivity contribution in [3.63, 3.8) is 0 Å². The molecule has 1 amide bonds. The molecule has 0 unspecified atom stereocenters. The first-order valence-electron chi connectivity index (χ1n) is 9.10. The van der Waals surface area contributed by atoms with Gasteiger partial charge in [0.25, 0.3) is 5.91 Å². The average Bonchev–Trinajstić information content (AvgIpc) is 2.68. The molecule has 130 valence electrons. The van der Waals surface area contributed by atoms with Crippen LogP contribution in [0.1, 0.15) is 23.2 Å². The van der Waals surface area contributed by atoms with Gasteiger partial charge in [0.1, 0.15) is 0 Å². The summed E-state index contributed by atoms with van der Waals surface area (Å²) in [5, 5.41) is 0. The van der Waals surface area contributed by atoms with Crippen LogP contribution in [0.25, 0.3) is 0 Å². The van der Waals surface area contributed by atoms with Gasteiger partial charge in [0, 0.05) is 44.3 Å². The maximum Gasteiger partial charge on any atom is 0.253 e. The Hall–Kier alpha value is -1.43. The predicted octanol–water partition coefficient (Wildman–Crippen LogP) is 1.64. The molecule has 0 N–H and O–H groups in total. The van der Waals surface area contributed by atoms with Crippen LogP contribution in [-0.4, -0.2) is 73.9 Å². The van der Waals surface area contributed by atoms with Crippen LogP contribution in [0.4, 0.5) is 0 Å². The average molecular weight is 330 g/mol. The number of rotatable bonds is 2. The third-order valence-electron chi connectivity index (χ3n) is 5.56. The van der Waals surface area contributed by atoms with Gasteiger partial charge >= 0.3 is 0 Å². The molecule has 0 bridgehead atoms. The summed E-state index contributed by atoms with van der Waals surface area (Å²) in [6.07, 6.45) is 2.52. The highest BCUT2D eigenvalue weighted by atomic mass is 16.5. The maximum absolute atomic E-state index is 12.9. The molecule has 0 saturated carbocycles. The van der Waals surface area contributed by atoms with Crippen LogP contribution in [0.2, 0.25) is 0 Å². The Morgan fingerprint density at radius 2 is 1.83 bits per heavy atom. The van der Waals surface area contributed by atoms with Crippen LogP contribution in [0.3, 0.4) is 0 Å². The van der Waals surface area contributed by atoms with Gasteiger partial charge in [-0.05, 0) is 25.0 Å². The summed E-state index contributed by atoms with van der Waals surface area (Å²) >= 11 is 0. The van der Waals surface area contributed by atoms with Crippen LogP contribution in [0.5, 0.6) is 0 Å². The zero-order valence-electron chi connectivity index (χ0n) is 14.1. The quantitative estimate of drug-likeness (QED) is 0.827. The Morgan fingerprint density at radius 3 is 2.62 bits per heavy atom. The van der Waals surface area contributed by atoms with Crippen molar-refractivity contribution >= 4 is 5.91 Å². The van der Waals surface area contributed by atoms with Crippen molar-refractivity contribution in [2.45, 2.75) is 25.0 Å². The lowest BCUT2D eigenvalue weighted by molar-refractivity contribution is -0.121. The molecule has 3 aliphatic rings. The van der Waals surface area contributed by atoms with Crippen molar-refractivity contribution in [3.8, 4) is 0 Å². The highest BCUT2D eigenvalue weighted by Crippen LogP contribution is 2.32. The Labute approximate surface area is 143 Å². The number of likely N-dealkylation sites (tertiary alicyclic amines) is 1. The van der Waals surface area contributed by atoms with E-state index in [9.17, 15) is 4.79 Å². The second-order valence-corrected chi connectivity index (χ2v) is 7.03. The second-order valence-electron chi connectivity index (χ2n) is 7.03. The molecule has 0 spiro atoms. The van der Waals surface area contributed by atoms with E-state index in [1.165, 1.54) is 0 Å². The standard InChI is InChI=1S/C19H26N2O3/c22-19(15-5-2-1-3-6-15)21-13-16-7-4-10-24-18(16)17(14-21)20-8-11-23-12-9-20/h1-3,5-6,16-18H,4,7-14H2/t16-,17+,18-/m0/s1. The van der Waals surface area contributed by atoms with Gasteiger partial charge in [-0.3, -0.25) is 9.69 Å². The molecule has 4 rings (SSSR count). The lowest BCUT2D eigenvalue weighted by Crippen LogP contribution is -2.63. The molecule has 1 aromatic carbocycles. The Bertz CT molecular complexity index is 559. The summed E-state index contributed by atoms with van der Waals surface area (Å²) in [6, 6.07) is 9.94. The molecule has 5 heteroatoms. The van der Waals surface area contributed by atoms with E-state index in [0.717, 1.165) is 64.4 Å². The zero-order chi connectivity index (χ0) is 16.4. The minimum atomic E-state index is 0.151. The summed E-state index contributed by atoms with van der Waals surface area (Å²) in [7, 11) is 0. The Kier molecular flexibility index (Phi) is 4.83. The molecule has 0 aromatic heterocycles. The number of ether oxygens (including phenoxy) is 2. The summed E-state index contributed by atoms with van der Waals surface area (Å²) < 4.78 is 11.7. The Balaban J connectivity index is 1.54. The van der Waals surface area contributed by atoms with E-state index in [1.807, 2.05) is 35.2 Å². The van der Waals surface area contributed by atoms with E-state index in [4.69, 9.17) is 9.47 Å². The van der Waals surface area contributed by atoms with E-state index in [2.05, 4.69) is 4.90 Å². The van der Waals surface area contributed by atoms with Crippen LogP contribution in [0, 0.1) is 5.92 Å². The van der Waals surface area contributed by atoms with Crippen LogP contribution in [-0.2, 0) is 9.47 Å². The van der Waals surface area contributed by atoms with Crippen molar-refractivity contribution in [2.75, 3.05) is 46.0 Å². The minimum Gasteiger partial charge on any atom is -0.379 e. The van der Waals surface area contributed by atoms with Crippen LogP contribution in [0.15, 0.2) is 30.3 Å². The topological polar surface area (TPSA) is 42.0 Å². The second kappa shape index (κ2) is 7.21. The van der Waals surface area contributed by atoms with Crippen molar-refractivity contribution in [1.82, 2.24) is 9.80 Å². The van der Waals surface area contributed by atoms with Gasteiger partial charge in [0.2, 0.25) is 0 Å². The molecule has 3 atom stereocenters. The summed E-state index contributed by atoms with van der Waals surface area (Å²) in [5.41, 5.74) is 0.786. The third kappa shape index (κ3) is 3.21. The number of morpholine rings is 1. The number of piperidine rings is 1. The van der Waals surface area contributed by atoms with Gasteiger partial charge in [-0.2, -0.15) is 0 Å². The lowest BCUT2D eigenvalue weighted by Gasteiger charge is -2.50. The maximum atomic E-state index is 12.9. The fourth-order valence-corrected chi connectivity index (χ4v) is 4.33. The summed E-state index contributed by atoms with van der Waals surface area (Å²) in [6.45, 7) is 5.86. The third-order valence-corrected chi connectivity index (χ3v) is 5.56. The van der Waals surface area contributed by atoms with Gasteiger partial charge in [0.15, 0.2) is 0 Å². The SMILES string of the molecule is O=C(c1ccccc1)N1C[C@@H]2CCCO[C@@H]2[C@H](N2CCOCC2)C1. The van der Waals surface area contributed by atoms with Gasteiger partial charge in [-0.1, -0.05) is 18.2 Å². The van der Waals surface area contributed by atoms with Crippen LogP contribution >= 0.6 is 0 Å². The molecule has 3 saturated heterocycles. The predicted molar refractivity (Wildman–Crippen MR) is 91.0 cm³/mol. The number of hydrogen-bond donors (Lipinski definition) is 0. The minimum absolute atomic E-state index is 0.151. The lowest BCUT2D eigenvalue weighted by atomic mass is 9.84. The zero-order valence-corrected chi connectivity index (χ0v) is 14.1. The first kappa shape index (κ1) is 16.1. The number of amides is 1. The normalized spacial score (nSPS) is 31.5. The van der Waals surface area contributed by atoms with Crippen LogP contribution < -0.4 is 0 Å². The van der Waals surface area contributed by atoms with Gasteiger partial charge in [-0.15, -0.1) is 0 Å². The Morgan fingerprint density at radius 1 is 1.04 bits per heavy atom. The molecule has 3 fully saturated rings. The first-order valence-corrected chi connectivity index (χ1v) is 9.10. The van der Waals surface area contributed by atoms with E-state index < -0.39 is 0 Å². The van der Waals surface area contributed by atoms with Crippen molar-refractivity contribution in [1.29, 1.82) is 0 Å². The van der Waals surface area contributed by atoms with Crippen molar-refractivity contribution in [2.24, 2.45) is 5.92 Å². The fourth-order valence-electron chi connectivity index (χ4n) is 4.33. The van der Waals surface area contributed by atoms with E-state index in [0.29, 0.717) is 12.0 Å². The highest BCUT2D eigenvalue weighted by molar-refractivity contribution is 5.94. The van der Waals surface area contributed by atoms with E-state index in [-0.39, 0.29) is 12.0 Å². The van der Waals surface area contributed by atoms with E-state index >= 15 is 0 Å². The molecular weight excluding hydrogens is 304 g/mol. The smallest absolute Gasteiger partial charge is 0.253 e. The first-order chi connectivity index (χ1) is 11.8. The number of carbonyl (C=O) groups is 1. The van der Waals surface area contributed by atoms with E-state index in [1.54, 1.807) is 0 Å². The highest BCUT2D eigenvalue weighted by Gasteiger charge is 2.43. The molecule has 3 aliphatic heterocycles. The fraction of sp³-hybridized carbons (Fsp3) is 0.632. The number of benzene rings is 1. The number of nitrogens with zero attached hydrogens (tertiary/aromatic N) is 2. The monoisotopic (exact) mass is 330 g/mol. The largest absolute Gasteiger partial charge is 0.379 e. The molecule has 5 nitrogen and oxygen atoms in total. The molecule has 3 heterocycles. The van der Waals surface area contributed by atoms with Gasteiger partial charge in [0.05, 0.1) is 25.4 Å². The number of fused-ring (bicyclic) bond motifs is 1. The number of hydrogen-bond acceptors (Lipinski definition) is 4. The molecular formula is C19H26N2O3. The molecule has 1 aromatic rings. The van der Waals surface area contributed by atoms with Crippen molar-refractivity contribution in [3.05, 3.63) is 35.9 Å². The molecule has 0 aliphatic carbocycles. The van der Waals surface area contributed by atoms with Gasteiger partial charge < -0.3 is 14.4 Å². The summed E-state index contributed by atoms with van der Waals surface area (Å²) in [5.74, 6) is 0.603. The van der Waals surface area contributed by atoms with Crippen molar-refractivity contribution < 1.29 is 14.3 Å². The molecule has 0 radical (unpaired) electrons. The summed E-state index contributed by atoms with van der Waals surface area (Å²) in [4.78, 5) is 17.5. The molecule has 24 heavy (non-hydrogen) atoms. The number of carbonyl (C=O) groups excluding carboxylic acids is 1. The van der Waals surface area contributed by atoms with Gasteiger partial charge in [-0.25, -0.2) is 0 Å².